The third-order valence-corrected chi connectivity index (χ3v) is 8.15. The molecule has 4 aromatic rings. The highest BCUT2D eigenvalue weighted by molar-refractivity contribution is 7.89. The molecule has 3 heterocycles. The van der Waals surface area contributed by atoms with Crippen molar-refractivity contribution in [2.24, 2.45) is 0 Å². The van der Waals surface area contributed by atoms with Gasteiger partial charge in [0.05, 0.1) is 4.90 Å². The van der Waals surface area contributed by atoms with Gasteiger partial charge in [0, 0.05) is 30.9 Å². The van der Waals surface area contributed by atoms with Gasteiger partial charge in [-0.05, 0) is 49.1 Å². The van der Waals surface area contributed by atoms with Gasteiger partial charge >= 0.3 is 0 Å². The van der Waals surface area contributed by atoms with Crippen molar-refractivity contribution in [1.29, 1.82) is 0 Å². The molecule has 0 radical (unpaired) electrons. The standard InChI is InChI=1S/C25H26N4O2S/c1-2-19-10-12-22(13-11-19)32(30,31)28-17-14-21(15-18-28)29-24(20-7-4-3-5-8-20)27-23-9-6-16-26-25(23)29/h3-13,16,21H,2,14-15,17-18H2,1H3. The molecule has 1 saturated heterocycles. The number of aromatic nitrogens is 3. The van der Waals surface area contributed by atoms with E-state index < -0.39 is 10.0 Å². The van der Waals surface area contributed by atoms with Gasteiger partial charge in [-0.2, -0.15) is 4.31 Å². The smallest absolute Gasteiger partial charge is 0.243 e. The number of benzene rings is 2. The summed E-state index contributed by atoms with van der Waals surface area (Å²) in [5, 5.41) is 0. The second-order valence-electron chi connectivity index (χ2n) is 8.15. The second-order valence-corrected chi connectivity index (χ2v) is 10.1. The monoisotopic (exact) mass is 446 g/mol. The molecule has 0 N–H and O–H groups in total. The summed E-state index contributed by atoms with van der Waals surface area (Å²) in [6.45, 7) is 3.01. The molecule has 2 aromatic heterocycles. The Hall–Kier alpha value is -3.03. The van der Waals surface area contributed by atoms with Crippen LogP contribution in [0.3, 0.4) is 0 Å². The van der Waals surface area contributed by atoms with Gasteiger partial charge in [-0.25, -0.2) is 18.4 Å². The molecule has 0 aliphatic carbocycles. The molecule has 0 bridgehead atoms. The number of nitrogens with zero attached hydrogens (tertiary/aromatic N) is 4. The molecular weight excluding hydrogens is 420 g/mol. The number of piperidine rings is 1. The highest BCUT2D eigenvalue weighted by Crippen LogP contribution is 2.34. The van der Waals surface area contributed by atoms with Gasteiger partial charge in [-0.1, -0.05) is 49.4 Å². The van der Waals surface area contributed by atoms with Crippen LogP contribution in [0.25, 0.3) is 22.6 Å². The lowest BCUT2D eigenvalue weighted by molar-refractivity contribution is 0.278. The Morgan fingerprint density at radius 1 is 0.938 bits per heavy atom. The highest BCUT2D eigenvalue weighted by atomic mass is 32.2. The molecule has 0 unspecified atom stereocenters. The minimum atomic E-state index is -3.49. The Kier molecular flexibility index (Phi) is 5.53. The van der Waals surface area contributed by atoms with Crippen LogP contribution in [0.5, 0.6) is 0 Å². The van der Waals surface area contributed by atoms with E-state index in [9.17, 15) is 8.42 Å². The summed E-state index contributed by atoms with van der Waals surface area (Å²) in [6.07, 6.45) is 4.11. The van der Waals surface area contributed by atoms with Crippen molar-refractivity contribution in [3.8, 4) is 11.4 Å². The molecule has 2 aromatic carbocycles. The first kappa shape index (κ1) is 20.8. The first-order valence-electron chi connectivity index (χ1n) is 11.1. The van der Waals surface area contributed by atoms with Gasteiger partial charge in [-0.3, -0.25) is 0 Å². The van der Waals surface area contributed by atoms with Crippen molar-refractivity contribution in [2.45, 2.75) is 37.1 Å². The summed E-state index contributed by atoms with van der Waals surface area (Å²) >= 11 is 0. The molecule has 1 aliphatic rings. The number of fused-ring (bicyclic) bond motifs is 1. The van der Waals surface area contributed by atoms with E-state index in [4.69, 9.17) is 4.98 Å². The molecular formula is C25H26N4O2S. The van der Waals surface area contributed by atoms with Crippen molar-refractivity contribution in [3.05, 3.63) is 78.5 Å². The van der Waals surface area contributed by atoms with Crippen molar-refractivity contribution >= 4 is 21.2 Å². The number of imidazole rings is 1. The van der Waals surface area contributed by atoms with Gasteiger partial charge in [0.15, 0.2) is 5.65 Å². The normalized spacial score (nSPS) is 15.9. The number of sulfonamides is 1. The van der Waals surface area contributed by atoms with E-state index in [0.717, 1.165) is 34.5 Å². The molecule has 6 nitrogen and oxygen atoms in total. The largest absolute Gasteiger partial charge is 0.305 e. The Labute approximate surface area is 188 Å². The summed E-state index contributed by atoms with van der Waals surface area (Å²) in [5.41, 5.74) is 3.88. The van der Waals surface area contributed by atoms with Crippen LogP contribution < -0.4 is 0 Å². The molecule has 32 heavy (non-hydrogen) atoms. The topological polar surface area (TPSA) is 68.1 Å². The predicted molar refractivity (Wildman–Crippen MR) is 126 cm³/mol. The maximum atomic E-state index is 13.2. The zero-order valence-electron chi connectivity index (χ0n) is 18.1. The van der Waals surface area contributed by atoms with E-state index in [1.165, 1.54) is 0 Å². The van der Waals surface area contributed by atoms with Crippen molar-refractivity contribution < 1.29 is 8.42 Å². The van der Waals surface area contributed by atoms with E-state index in [1.54, 1.807) is 22.6 Å². The van der Waals surface area contributed by atoms with Crippen LogP contribution in [0.4, 0.5) is 0 Å². The van der Waals surface area contributed by atoms with Crippen LogP contribution in [-0.2, 0) is 16.4 Å². The van der Waals surface area contributed by atoms with Crippen LogP contribution in [0, 0.1) is 0 Å². The average Bonchev–Trinajstić information content (AvgIpc) is 3.24. The Bertz CT molecular complexity index is 1320. The number of rotatable bonds is 5. The lowest BCUT2D eigenvalue weighted by Crippen LogP contribution is -2.39. The number of hydrogen-bond donors (Lipinski definition) is 0. The summed E-state index contributed by atoms with van der Waals surface area (Å²) in [5.74, 6) is 0.885. The third-order valence-electron chi connectivity index (χ3n) is 6.24. The molecule has 7 heteroatoms. The Morgan fingerprint density at radius 3 is 2.34 bits per heavy atom. The SMILES string of the molecule is CCc1ccc(S(=O)(=O)N2CCC(n3c(-c4ccccc4)nc4cccnc43)CC2)cc1. The predicted octanol–water partition coefficient (Wildman–Crippen LogP) is 4.69. The van der Waals surface area contributed by atoms with Gasteiger partial charge in [0.1, 0.15) is 11.3 Å². The number of aryl methyl sites for hydroxylation is 1. The summed E-state index contributed by atoms with van der Waals surface area (Å²) in [4.78, 5) is 9.83. The van der Waals surface area contributed by atoms with Crippen LogP contribution in [-0.4, -0.2) is 40.3 Å². The van der Waals surface area contributed by atoms with Crippen LogP contribution in [0.15, 0.2) is 77.8 Å². The fraction of sp³-hybridized carbons (Fsp3) is 0.280. The third kappa shape index (κ3) is 3.72. The lowest BCUT2D eigenvalue weighted by atomic mass is 10.1. The zero-order valence-corrected chi connectivity index (χ0v) is 18.9. The molecule has 0 atom stereocenters. The van der Waals surface area contributed by atoms with Gasteiger partial charge in [0.2, 0.25) is 10.0 Å². The van der Waals surface area contributed by atoms with Crippen molar-refractivity contribution in [2.75, 3.05) is 13.1 Å². The van der Waals surface area contributed by atoms with Gasteiger partial charge in [-0.15, -0.1) is 0 Å². The molecule has 1 aliphatic heterocycles. The minimum absolute atomic E-state index is 0.138. The fourth-order valence-electron chi connectivity index (χ4n) is 4.45. The highest BCUT2D eigenvalue weighted by Gasteiger charge is 2.32. The first-order valence-corrected chi connectivity index (χ1v) is 12.5. The van der Waals surface area contributed by atoms with Crippen LogP contribution in [0.1, 0.15) is 31.4 Å². The van der Waals surface area contributed by atoms with E-state index in [-0.39, 0.29) is 6.04 Å². The lowest BCUT2D eigenvalue weighted by Gasteiger charge is -2.32. The zero-order chi connectivity index (χ0) is 22.1. The van der Waals surface area contributed by atoms with E-state index in [1.807, 2.05) is 42.5 Å². The van der Waals surface area contributed by atoms with E-state index in [2.05, 4.69) is 28.6 Å². The van der Waals surface area contributed by atoms with E-state index >= 15 is 0 Å². The van der Waals surface area contributed by atoms with Crippen molar-refractivity contribution in [1.82, 2.24) is 18.8 Å². The average molecular weight is 447 g/mol. The Morgan fingerprint density at radius 2 is 1.66 bits per heavy atom. The number of pyridine rings is 1. The summed E-state index contributed by atoms with van der Waals surface area (Å²) in [6, 6.07) is 21.4. The van der Waals surface area contributed by atoms with Crippen LogP contribution >= 0.6 is 0 Å². The first-order chi connectivity index (χ1) is 15.6. The maximum absolute atomic E-state index is 13.2. The number of hydrogen-bond acceptors (Lipinski definition) is 4. The molecule has 0 saturated carbocycles. The maximum Gasteiger partial charge on any atom is 0.243 e. The molecule has 0 amide bonds. The molecule has 5 rings (SSSR count). The van der Waals surface area contributed by atoms with Gasteiger partial charge in [0.25, 0.3) is 0 Å². The Balaban J connectivity index is 1.43. The van der Waals surface area contributed by atoms with Crippen molar-refractivity contribution in [3.63, 3.8) is 0 Å². The fourth-order valence-corrected chi connectivity index (χ4v) is 5.92. The molecule has 164 valence electrons. The molecule has 0 spiro atoms. The molecule has 1 fully saturated rings. The van der Waals surface area contributed by atoms with E-state index in [0.29, 0.717) is 30.8 Å². The summed E-state index contributed by atoms with van der Waals surface area (Å²) in [7, 11) is -3.49. The minimum Gasteiger partial charge on any atom is -0.305 e. The van der Waals surface area contributed by atoms with Gasteiger partial charge < -0.3 is 4.57 Å². The second kappa shape index (κ2) is 8.48. The quantitative estimate of drug-likeness (QED) is 0.446. The van der Waals surface area contributed by atoms with Crippen LogP contribution in [0.2, 0.25) is 0 Å². The summed E-state index contributed by atoms with van der Waals surface area (Å²) < 4.78 is 30.2.